The van der Waals surface area contributed by atoms with Gasteiger partial charge >= 0.3 is 5.97 Å². The Bertz CT molecular complexity index is 612. The fraction of sp³-hybridized carbons (Fsp3) is 0.500. The Morgan fingerprint density at radius 2 is 2.24 bits per heavy atom. The number of thiophene rings is 1. The van der Waals surface area contributed by atoms with Crippen LogP contribution in [0.2, 0.25) is 0 Å². The molecule has 2 rings (SSSR count). The van der Waals surface area contributed by atoms with Gasteiger partial charge in [0.1, 0.15) is 10.3 Å². The van der Waals surface area contributed by atoms with Crippen molar-refractivity contribution in [1.29, 1.82) is 0 Å². The molecule has 0 bridgehead atoms. The van der Waals surface area contributed by atoms with Crippen molar-refractivity contribution in [2.45, 2.75) is 29.5 Å². The molecule has 0 aliphatic carbocycles. The Balaban J connectivity index is 2.06. The molecule has 2 heterocycles. The molecule has 7 nitrogen and oxygen atoms in total. The van der Waals surface area contributed by atoms with Gasteiger partial charge in [-0.3, -0.25) is 9.59 Å². The van der Waals surface area contributed by atoms with Crippen molar-refractivity contribution in [3.63, 3.8) is 0 Å². The Hall–Kier alpha value is -1.45. The minimum atomic E-state index is -3.66. The molecule has 1 aliphatic heterocycles. The van der Waals surface area contributed by atoms with Crippen molar-refractivity contribution in [2.24, 2.45) is 0 Å². The van der Waals surface area contributed by atoms with Crippen LogP contribution in [0.1, 0.15) is 19.3 Å². The number of hydrogen-bond acceptors (Lipinski definition) is 5. The van der Waals surface area contributed by atoms with Crippen LogP contribution in [0.15, 0.2) is 21.7 Å². The molecular formula is C12H16N2O5S2. The van der Waals surface area contributed by atoms with Crippen LogP contribution < -0.4 is 5.32 Å². The fourth-order valence-corrected chi connectivity index (χ4v) is 5.00. The van der Waals surface area contributed by atoms with E-state index in [0.29, 0.717) is 19.4 Å². The SMILES string of the molecule is O=C(O)CCNC(=O)C1CCCN1S(=O)(=O)c1cccs1. The first-order valence-corrected chi connectivity index (χ1v) is 8.80. The molecule has 1 atom stereocenters. The Labute approximate surface area is 126 Å². The number of nitrogens with zero attached hydrogens (tertiary/aromatic N) is 1. The van der Waals surface area contributed by atoms with Gasteiger partial charge in [0.2, 0.25) is 5.91 Å². The average molecular weight is 332 g/mol. The molecule has 1 amide bonds. The predicted octanol–water partition coefficient (Wildman–Crippen LogP) is 0.492. The van der Waals surface area contributed by atoms with E-state index in [1.165, 1.54) is 10.4 Å². The molecule has 0 aromatic carbocycles. The molecule has 1 saturated heterocycles. The average Bonchev–Trinajstić information content (AvgIpc) is 3.10. The van der Waals surface area contributed by atoms with Gasteiger partial charge in [-0.25, -0.2) is 8.42 Å². The van der Waals surface area contributed by atoms with E-state index in [0.717, 1.165) is 11.3 Å². The summed E-state index contributed by atoms with van der Waals surface area (Å²) in [4.78, 5) is 22.5. The zero-order valence-corrected chi connectivity index (χ0v) is 12.8. The number of hydrogen-bond donors (Lipinski definition) is 2. The van der Waals surface area contributed by atoms with E-state index in [1.54, 1.807) is 11.4 Å². The van der Waals surface area contributed by atoms with Gasteiger partial charge in [0.05, 0.1) is 6.42 Å². The van der Waals surface area contributed by atoms with Crippen molar-refractivity contribution in [3.05, 3.63) is 17.5 Å². The summed E-state index contributed by atoms with van der Waals surface area (Å²) in [5, 5.41) is 12.7. The van der Waals surface area contributed by atoms with Crippen LogP contribution in [0.3, 0.4) is 0 Å². The van der Waals surface area contributed by atoms with Gasteiger partial charge in [0.15, 0.2) is 0 Å². The third-order valence-corrected chi connectivity index (χ3v) is 6.48. The first kappa shape index (κ1) is 15.9. The molecule has 21 heavy (non-hydrogen) atoms. The smallest absolute Gasteiger partial charge is 0.305 e. The maximum absolute atomic E-state index is 12.5. The lowest BCUT2D eigenvalue weighted by molar-refractivity contribution is -0.137. The zero-order chi connectivity index (χ0) is 15.5. The quantitative estimate of drug-likeness (QED) is 0.789. The number of rotatable bonds is 6. The molecule has 1 fully saturated rings. The third kappa shape index (κ3) is 3.60. The minimum Gasteiger partial charge on any atom is -0.481 e. The highest BCUT2D eigenvalue weighted by Crippen LogP contribution is 2.28. The van der Waals surface area contributed by atoms with Crippen molar-refractivity contribution >= 4 is 33.2 Å². The monoisotopic (exact) mass is 332 g/mol. The zero-order valence-electron chi connectivity index (χ0n) is 11.2. The number of carboxylic acid groups (broad SMARTS) is 1. The summed E-state index contributed by atoms with van der Waals surface area (Å²) < 4.78 is 26.3. The van der Waals surface area contributed by atoms with Crippen LogP contribution in [0.25, 0.3) is 0 Å². The minimum absolute atomic E-state index is 0.00242. The molecule has 116 valence electrons. The molecule has 1 aliphatic rings. The number of nitrogens with one attached hydrogen (secondary N) is 1. The summed E-state index contributed by atoms with van der Waals surface area (Å²) in [5.74, 6) is -1.45. The molecule has 9 heteroatoms. The second-order valence-corrected chi connectivity index (χ2v) is 7.71. The van der Waals surface area contributed by atoms with Crippen LogP contribution in [-0.4, -0.2) is 48.8 Å². The number of carbonyl (C=O) groups excluding carboxylic acids is 1. The second kappa shape index (κ2) is 6.54. The van der Waals surface area contributed by atoms with Crippen molar-refractivity contribution in [2.75, 3.05) is 13.1 Å². The number of aliphatic carboxylic acids is 1. The van der Waals surface area contributed by atoms with E-state index in [9.17, 15) is 18.0 Å². The lowest BCUT2D eigenvalue weighted by atomic mass is 10.2. The van der Waals surface area contributed by atoms with E-state index in [-0.39, 0.29) is 17.2 Å². The van der Waals surface area contributed by atoms with Crippen LogP contribution in [0.4, 0.5) is 0 Å². The molecule has 1 aromatic heterocycles. The Kier molecular flexibility index (Phi) is 4.96. The lowest BCUT2D eigenvalue weighted by Crippen LogP contribution is -2.46. The molecule has 0 saturated carbocycles. The first-order chi connectivity index (χ1) is 9.93. The largest absolute Gasteiger partial charge is 0.481 e. The topological polar surface area (TPSA) is 104 Å². The Morgan fingerprint density at radius 1 is 1.48 bits per heavy atom. The molecule has 2 N–H and O–H groups in total. The predicted molar refractivity (Wildman–Crippen MR) is 76.5 cm³/mol. The van der Waals surface area contributed by atoms with Gasteiger partial charge in [0, 0.05) is 13.1 Å². The fourth-order valence-electron chi connectivity index (χ4n) is 2.23. The molecule has 0 spiro atoms. The summed E-state index contributed by atoms with van der Waals surface area (Å²) in [7, 11) is -3.66. The highest BCUT2D eigenvalue weighted by atomic mass is 32.2. The van der Waals surface area contributed by atoms with Gasteiger partial charge in [-0.15, -0.1) is 11.3 Å². The van der Waals surface area contributed by atoms with Crippen LogP contribution in [-0.2, 0) is 19.6 Å². The van der Waals surface area contributed by atoms with E-state index in [2.05, 4.69) is 5.32 Å². The highest BCUT2D eigenvalue weighted by Gasteiger charge is 2.39. The summed E-state index contributed by atoms with van der Waals surface area (Å²) in [6.07, 6.45) is 0.876. The summed E-state index contributed by atoms with van der Waals surface area (Å²) in [6.45, 7) is 0.300. The maximum Gasteiger partial charge on any atom is 0.305 e. The molecular weight excluding hydrogens is 316 g/mol. The highest BCUT2D eigenvalue weighted by molar-refractivity contribution is 7.91. The summed E-state index contributed by atoms with van der Waals surface area (Å²) >= 11 is 1.11. The van der Waals surface area contributed by atoms with Crippen LogP contribution in [0.5, 0.6) is 0 Å². The molecule has 0 radical (unpaired) electrons. The van der Waals surface area contributed by atoms with E-state index in [1.807, 2.05) is 0 Å². The second-order valence-electron chi connectivity index (χ2n) is 4.64. The van der Waals surface area contributed by atoms with Gasteiger partial charge in [-0.05, 0) is 24.3 Å². The van der Waals surface area contributed by atoms with E-state index >= 15 is 0 Å². The summed E-state index contributed by atoms with van der Waals surface area (Å²) in [5.41, 5.74) is 0. The van der Waals surface area contributed by atoms with Crippen molar-refractivity contribution in [3.8, 4) is 0 Å². The maximum atomic E-state index is 12.5. The number of carbonyl (C=O) groups is 2. The number of sulfonamides is 1. The van der Waals surface area contributed by atoms with Gasteiger partial charge in [-0.1, -0.05) is 6.07 Å². The van der Waals surface area contributed by atoms with Crippen LogP contribution in [0, 0.1) is 0 Å². The van der Waals surface area contributed by atoms with Crippen molar-refractivity contribution in [1.82, 2.24) is 9.62 Å². The lowest BCUT2D eigenvalue weighted by Gasteiger charge is -2.22. The van der Waals surface area contributed by atoms with E-state index < -0.39 is 27.9 Å². The number of carboxylic acids is 1. The Morgan fingerprint density at radius 3 is 2.86 bits per heavy atom. The van der Waals surface area contributed by atoms with Crippen molar-refractivity contribution < 1.29 is 23.1 Å². The normalized spacial score (nSPS) is 19.5. The molecule has 1 aromatic rings. The molecule has 1 unspecified atom stereocenters. The van der Waals surface area contributed by atoms with E-state index in [4.69, 9.17) is 5.11 Å². The first-order valence-electron chi connectivity index (χ1n) is 6.48. The standard InChI is InChI=1S/C12H16N2O5S2/c15-10(16)5-6-13-12(17)9-3-1-7-14(9)21(18,19)11-4-2-8-20-11/h2,4,8-9H,1,3,5-7H2,(H,13,17)(H,15,16). The van der Waals surface area contributed by atoms with Gasteiger partial charge < -0.3 is 10.4 Å². The number of amides is 1. The van der Waals surface area contributed by atoms with Crippen LogP contribution >= 0.6 is 11.3 Å². The van der Waals surface area contributed by atoms with Gasteiger partial charge in [0.25, 0.3) is 10.0 Å². The van der Waals surface area contributed by atoms with Gasteiger partial charge in [-0.2, -0.15) is 4.31 Å². The third-order valence-electron chi connectivity index (χ3n) is 3.20. The summed E-state index contributed by atoms with van der Waals surface area (Å²) in [6, 6.07) is 2.40.